The number of ether oxygens (including phenoxy) is 1. The van der Waals surface area contributed by atoms with Crippen molar-refractivity contribution >= 4 is 5.91 Å². The normalized spacial score (nSPS) is 9.67. The van der Waals surface area contributed by atoms with E-state index in [0.29, 0.717) is 17.9 Å². The van der Waals surface area contributed by atoms with E-state index in [4.69, 9.17) is 10.00 Å². The van der Waals surface area contributed by atoms with Gasteiger partial charge in [-0.3, -0.25) is 4.79 Å². The Balaban J connectivity index is 2.66. The van der Waals surface area contributed by atoms with Crippen molar-refractivity contribution in [1.82, 2.24) is 10.2 Å². The third-order valence-corrected chi connectivity index (χ3v) is 2.50. The van der Waals surface area contributed by atoms with Crippen LogP contribution in [0, 0.1) is 11.3 Å². The predicted molar refractivity (Wildman–Crippen MR) is 68.1 cm³/mol. The second-order valence-corrected chi connectivity index (χ2v) is 4.03. The van der Waals surface area contributed by atoms with Crippen molar-refractivity contribution in [3.05, 3.63) is 29.3 Å². The van der Waals surface area contributed by atoms with Crippen LogP contribution in [0.2, 0.25) is 0 Å². The Kier molecular flexibility index (Phi) is 5.15. The molecule has 0 atom stereocenters. The van der Waals surface area contributed by atoms with Gasteiger partial charge in [0.15, 0.2) is 0 Å². The SMILES string of the molecule is COc1ccc(C#N)cc1CNCC(=O)N(C)C. The first kappa shape index (κ1) is 14.0. The molecule has 1 amide bonds. The Morgan fingerprint density at radius 1 is 1.50 bits per heavy atom. The van der Waals surface area contributed by atoms with E-state index in [9.17, 15) is 4.79 Å². The summed E-state index contributed by atoms with van der Waals surface area (Å²) >= 11 is 0. The van der Waals surface area contributed by atoms with Gasteiger partial charge in [-0.05, 0) is 18.2 Å². The molecule has 1 aromatic carbocycles. The van der Waals surface area contributed by atoms with Crippen molar-refractivity contribution in [2.24, 2.45) is 0 Å². The summed E-state index contributed by atoms with van der Waals surface area (Å²) in [5.74, 6) is 0.712. The average molecular weight is 247 g/mol. The van der Waals surface area contributed by atoms with Crippen LogP contribution in [-0.4, -0.2) is 38.6 Å². The van der Waals surface area contributed by atoms with E-state index < -0.39 is 0 Å². The lowest BCUT2D eigenvalue weighted by Crippen LogP contribution is -2.32. The first-order valence-corrected chi connectivity index (χ1v) is 5.56. The number of nitrogens with one attached hydrogen (secondary N) is 1. The van der Waals surface area contributed by atoms with Gasteiger partial charge in [-0.2, -0.15) is 5.26 Å². The molecule has 5 heteroatoms. The smallest absolute Gasteiger partial charge is 0.236 e. The van der Waals surface area contributed by atoms with E-state index in [-0.39, 0.29) is 12.5 Å². The number of nitriles is 1. The van der Waals surface area contributed by atoms with Gasteiger partial charge in [0.2, 0.25) is 5.91 Å². The van der Waals surface area contributed by atoms with E-state index in [1.165, 1.54) is 4.90 Å². The van der Waals surface area contributed by atoms with Crippen LogP contribution in [0.4, 0.5) is 0 Å². The molecule has 1 aromatic rings. The zero-order valence-electron chi connectivity index (χ0n) is 10.9. The van der Waals surface area contributed by atoms with Crippen LogP contribution in [0.1, 0.15) is 11.1 Å². The molecule has 0 bridgehead atoms. The maximum atomic E-state index is 11.4. The molecule has 0 fully saturated rings. The molecule has 0 aliphatic rings. The number of carbonyl (C=O) groups is 1. The zero-order valence-corrected chi connectivity index (χ0v) is 10.9. The largest absolute Gasteiger partial charge is 0.496 e. The molecule has 0 unspecified atom stereocenters. The maximum absolute atomic E-state index is 11.4. The Morgan fingerprint density at radius 3 is 2.78 bits per heavy atom. The summed E-state index contributed by atoms with van der Waals surface area (Å²) in [5, 5.41) is 11.9. The first-order chi connectivity index (χ1) is 8.58. The predicted octanol–water partition coefficient (Wildman–Crippen LogP) is 0.745. The lowest BCUT2D eigenvalue weighted by molar-refractivity contribution is -0.127. The summed E-state index contributed by atoms with van der Waals surface area (Å²) in [6.07, 6.45) is 0. The molecule has 18 heavy (non-hydrogen) atoms. The first-order valence-electron chi connectivity index (χ1n) is 5.56. The molecular formula is C13H17N3O2. The quantitative estimate of drug-likeness (QED) is 0.833. The molecule has 5 nitrogen and oxygen atoms in total. The van der Waals surface area contributed by atoms with E-state index >= 15 is 0 Å². The number of benzene rings is 1. The molecule has 96 valence electrons. The van der Waals surface area contributed by atoms with Crippen LogP contribution in [0.15, 0.2) is 18.2 Å². The number of hydrogen-bond donors (Lipinski definition) is 1. The highest BCUT2D eigenvalue weighted by atomic mass is 16.5. The van der Waals surface area contributed by atoms with Crippen molar-refractivity contribution in [3.8, 4) is 11.8 Å². The Labute approximate surface area is 107 Å². The molecular weight excluding hydrogens is 230 g/mol. The molecule has 0 spiro atoms. The fourth-order valence-electron chi connectivity index (χ4n) is 1.45. The molecule has 0 aliphatic heterocycles. The van der Waals surface area contributed by atoms with Crippen LogP contribution < -0.4 is 10.1 Å². The molecule has 0 heterocycles. The molecule has 1 N–H and O–H groups in total. The summed E-state index contributed by atoms with van der Waals surface area (Å²) in [5.41, 5.74) is 1.44. The van der Waals surface area contributed by atoms with Gasteiger partial charge in [-0.25, -0.2) is 0 Å². The van der Waals surface area contributed by atoms with Crippen molar-refractivity contribution < 1.29 is 9.53 Å². The fourth-order valence-corrected chi connectivity index (χ4v) is 1.45. The third-order valence-electron chi connectivity index (χ3n) is 2.50. The molecule has 0 saturated carbocycles. The number of carbonyl (C=O) groups excluding carboxylic acids is 1. The summed E-state index contributed by atoms with van der Waals surface area (Å²) < 4.78 is 5.21. The molecule has 1 rings (SSSR count). The summed E-state index contributed by atoms with van der Waals surface area (Å²) in [6, 6.07) is 7.29. The van der Waals surface area contributed by atoms with Crippen LogP contribution >= 0.6 is 0 Å². The topological polar surface area (TPSA) is 65.4 Å². The highest BCUT2D eigenvalue weighted by molar-refractivity contribution is 5.77. The Hall–Kier alpha value is -2.06. The number of amides is 1. The summed E-state index contributed by atoms with van der Waals surface area (Å²) in [6.45, 7) is 0.741. The van der Waals surface area contributed by atoms with Gasteiger partial charge in [0.1, 0.15) is 5.75 Å². The lowest BCUT2D eigenvalue weighted by atomic mass is 10.1. The number of methoxy groups -OCH3 is 1. The zero-order chi connectivity index (χ0) is 13.5. The second-order valence-electron chi connectivity index (χ2n) is 4.03. The Morgan fingerprint density at radius 2 is 2.22 bits per heavy atom. The second kappa shape index (κ2) is 6.62. The van der Waals surface area contributed by atoms with Crippen LogP contribution in [0.5, 0.6) is 5.75 Å². The fraction of sp³-hybridized carbons (Fsp3) is 0.385. The minimum Gasteiger partial charge on any atom is -0.496 e. The van der Waals surface area contributed by atoms with Gasteiger partial charge in [-0.15, -0.1) is 0 Å². The molecule has 0 radical (unpaired) electrons. The van der Waals surface area contributed by atoms with Crippen molar-refractivity contribution in [1.29, 1.82) is 5.26 Å². The lowest BCUT2D eigenvalue weighted by Gasteiger charge is -2.12. The van der Waals surface area contributed by atoms with Gasteiger partial charge in [0, 0.05) is 26.2 Å². The Bertz CT molecular complexity index is 464. The van der Waals surface area contributed by atoms with E-state index in [0.717, 1.165) is 5.56 Å². The van der Waals surface area contributed by atoms with Gasteiger partial charge in [0.05, 0.1) is 25.3 Å². The van der Waals surface area contributed by atoms with E-state index in [1.807, 2.05) is 0 Å². The monoisotopic (exact) mass is 247 g/mol. The minimum absolute atomic E-state index is 0.00500. The van der Waals surface area contributed by atoms with Crippen molar-refractivity contribution in [3.63, 3.8) is 0 Å². The average Bonchev–Trinajstić information content (AvgIpc) is 2.38. The van der Waals surface area contributed by atoms with Crippen LogP contribution in [-0.2, 0) is 11.3 Å². The van der Waals surface area contributed by atoms with E-state index in [1.54, 1.807) is 39.4 Å². The molecule has 0 aromatic heterocycles. The highest BCUT2D eigenvalue weighted by Gasteiger charge is 2.06. The van der Waals surface area contributed by atoms with Gasteiger partial charge in [0.25, 0.3) is 0 Å². The summed E-state index contributed by atoms with van der Waals surface area (Å²) in [7, 11) is 5.00. The van der Waals surface area contributed by atoms with E-state index in [2.05, 4.69) is 11.4 Å². The van der Waals surface area contributed by atoms with Crippen molar-refractivity contribution in [2.75, 3.05) is 27.7 Å². The number of rotatable bonds is 5. The highest BCUT2D eigenvalue weighted by Crippen LogP contribution is 2.19. The minimum atomic E-state index is 0.00500. The third kappa shape index (κ3) is 3.75. The summed E-state index contributed by atoms with van der Waals surface area (Å²) in [4.78, 5) is 12.9. The standard InChI is InChI=1S/C13H17N3O2/c1-16(2)13(17)9-15-8-11-6-10(7-14)4-5-12(11)18-3/h4-6,15H,8-9H2,1-3H3. The molecule has 0 saturated heterocycles. The van der Waals surface area contributed by atoms with Crippen LogP contribution in [0.3, 0.4) is 0 Å². The van der Waals surface area contributed by atoms with Gasteiger partial charge >= 0.3 is 0 Å². The number of nitrogens with zero attached hydrogens (tertiary/aromatic N) is 2. The van der Waals surface area contributed by atoms with Gasteiger partial charge in [-0.1, -0.05) is 0 Å². The number of hydrogen-bond acceptors (Lipinski definition) is 4. The van der Waals surface area contributed by atoms with Crippen LogP contribution in [0.25, 0.3) is 0 Å². The molecule has 0 aliphatic carbocycles. The maximum Gasteiger partial charge on any atom is 0.236 e. The van der Waals surface area contributed by atoms with Gasteiger partial charge < -0.3 is 15.0 Å². The number of likely N-dealkylation sites (N-methyl/N-ethyl adjacent to an activating group) is 1. The van der Waals surface area contributed by atoms with Crippen molar-refractivity contribution in [2.45, 2.75) is 6.54 Å².